The lowest BCUT2D eigenvalue weighted by Crippen LogP contribution is -2.46. The van der Waals surface area contributed by atoms with Crippen LogP contribution in [-0.4, -0.2) is 56.9 Å². The van der Waals surface area contributed by atoms with E-state index in [1.165, 1.54) is 18.9 Å². The fourth-order valence-corrected chi connectivity index (χ4v) is 5.19. The standard InChI is InChI=1S/C24H26N6O4S/c1-34-22-5-4-16-23(30-22)17(6-7-25-16)29-24(33)13-2-3-15(19(31)8-13)27-10-14-9-18-20(11-26-14)35-12-21(32)28-18/h4-7,9,11,13,15,19,27,31H,2-3,8,10,12H2,1H3,(H,28,32)(H,25,29,33)/t13-,15-,19?/m1/s1. The number of anilines is 2. The molecule has 2 amide bonds. The lowest BCUT2D eigenvalue weighted by atomic mass is 9.83. The van der Waals surface area contributed by atoms with E-state index in [-0.39, 0.29) is 23.8 Å². The number of ether oxygens (including phenoxy) is 1. The molecular formula is C24H26N6O4S. The summed E-state index contributed by atoms with van der Waals surface area (Å²) in [7, 11) is 1.54. The Bertz CT molecular complexity index is 1270. The molecule has 3 atom stereocenters. The van der Waals surface area contributed by atoms with E-state index in [2.05, 4.69) is 30.9 Å². The van der Waals surface area contributed by atoms with Gasteiger partial charge in [-0.3, -0.25) is 19.6 Å². The number of aromatic nitrogens is 3. The minimum Gasteiger partial charge on any atom is -0.481 e. The molecule has 1 fully saturated rings. The Morgan fingerprint density at radius 2 is 2.17 bits per heavy atom. The Hall–Kier alpha value is -3.28. The molecule has 1 aliphatic carbocycles. The molecule has 1 aliphatic heterocycles. The van der Waals surface area contributed by atoms with Crippen LogP contribution in [0, 0.1) is 5.92 Å². The van der Waals surface area contributed by atoms with Crippen molar-refractivity contribution in [1.82, 2.24) is 20.3 Å². The smallest absolute Gasteiger partial charge is 0.234 e. The molecule has 4 heterocycles. The summed E-state index contributed by atoms with van der Waals surface area (Å²) in [6.45, 7) is 0.461. The van der Waals surface area contributed by atoms with Crippen molar-refractivity contribution in [2.75, 3.05) is 23.5 Å². The van der Waals surface area contributed by atoms with Crippen molar-refractivity contribution in [1.29, 1.82) is 0 Å². The average molecular weight is 495 g/mol. The quantitative estimate of drug-likeness (QED) is 0.407. The number of carbonyl (C=O) groups excluding carboxylic acids is 2. The summed E-state index contributed by atoms with van der Waals surface area (Å²) in [5.74, 6) is 0.360. The predicted octanol–water partition coefficient (Wildman–Crippen LogP) is 2.34. The number of pyridine rings is 3. The van der Waals surface area contributed by atoms with E-state index in [1.54, 1.807) is 30.6 Å². The number of rotatable bonds is 6. The van der Waals surface area contributed by atoms with Crippen LogP contribution in [0.25, 0.3) is 11.0 Å². The summed E-state index contributed by atoms with van der Waals surface area (Å²) in [6, 6.07) is 6.94. The number of hydrogen-bond donors (Lipinski definition) is 4. The monoisotopic (exact) mass is 494 g/mol. The van der Waals surface area contributed by atoms with E-state index in [9.17, 15) is 14.7 Å². The first-order chi connectivity index (χ1) is 17.0. The van der Waals surface area contributed by atoms with Gasteiger partial charge in [0, 0.05) is 41.9 Å². The van der Waals surface area contributed by atoms with Gasteiger partial charge in [0.15, 0.2) is 0 Å². The molecule has 182 valence electrons. The number of aliphatic hydroxyl groups is 1. The molecule has 0 spiro atoms. The van der Waals surface area contributed by atoms with E-state index in [0.717, 1.165) is 16.3 Å². The molecule has 0 bridgehead atoms. The van der Waals surface area contributed by atoms with Gasteiger partial charge in [0.05, 0.1) is 41.6 Å². The Morgan fingerprint density at radius 3 is 3.00 bits per heavy atom. The molecule has 0 radical (unpaired) electrons. The average Bonchev–Trinajstić information content (AvgIpc) is 2.87. The number of thioether (sulfide) groups is 1. The molecule has 10 nitrogen and oxygen atoms in total. The van der Waals surface area contributed by atoms with Gasteiger partial charge in [-0.1, -0.05) is 0 Å². The zero-order valence-electron chi connectivity index (χ0n) is 19.2. The van der Waals surface area contributed by atoms with Crippen LogP contribution >= 0.6 is 11.8 Å². The molecule has 5 rings (SSSR count). The maximum absolute atomic E-state index is 13.0. The Morgan fingerprint density at radius 1 is 1.29 bits per heavy atom. The molecule has 11 heteroatoms. The van der Waals surface area contributed by atoms with Gasteiger partial charge in [-0.2, -0.15) is 0 Å². The van der Waals surface area contributed by atoms with Crippen molar-refractivity contribution < 1.29 is 19.4 Å². The lowest BCUT2D eigenvalue weighted by Gasteiger charge is -2.33. The van der Waals surface area contributed by atoms with Crippen LogP contribution in [0.15, 0.2) is 41.6 Å². The second-order valence-electron chi connectivity index (χ2n) is 8.64. The number of methoxy groups -OCH3 is 1. The van der Waals surface area contributed by atoms with E-state index in [0.29, 0.717) is 54.2 Å². The Labute approximate surface area is 206 Å². The summed E-state index contributed by atoms with van der Waals surface area (Å²) in [5.41, 5.74) is 3.34. The number of carbonyl (C=O) groups is 2. The lowest BCUT2D eigenvalue weighted by molar-refractivity contribution is -0.122. The molecular weight excluding hydrogens is 468 g/mol. The molecule has 35 heavy (non-hydrogen) atoms. The van der Waals surface area contributed by atoms with E-state index in [4.69, 9.17) is 4.74 Å². The van der Waals surface area contributed by atoms with Crippen LogP contribution in [0.3, 0.4) is 0 Å². The van der Waals surface area contributed by atoms with Gasteiger partial charge >= 0.3 is 0 Å². The SMILES string of the molecule is COc1ccc2nccc(NC(=O)[C@@H]3CC[C@@H](NCc4cc5c(cn4)SCC(=O)N5)C(O)C3)c2n1. The van der Waals surface area contributed by atoms with E-state index < -0.39 is 6.10 Å². The largest absolute Gasteiger partial charge is 0.481 e. The molecule has 3 aromatic rings. The van der Waals surface area contributed by atoms with Crippen molar-refractivity contribution >= 4 is 46.0 Å². The second kappa shape index (κ2) is 10.1. The van der Waals surface area contributed by atoms with Gasteiger partial charge in [0.25, 0.3) is 0 Å². The number of amides is 2. The highest BCUT2D eigenvalue weighted by molar-refractivity contribution is 8.00. The summed E-state index contributed by atoms with van der Waals surface area (Å²) in [4.78, 5) is 38.7. The molecule has 0 saturated heterocycles. The third kappa shape index (κ3) is 5.21. The molecule has 4 N–H and O–H groups in total. The summed E-state index contributed by atoms with van der Waals surface area (Å²) in [5, 5.41) is 19.9. The zero-order chi connectivity index (χ0) is 24.4. The van der Waals surface area contributed by atoms with Gasteiger partial charge in [-0.05, 0) is 37.5 Å². The number of fused-ring (bicyclic) bond motifs is 2. The van der Waals surface area contributed by atoms with Crippen molar-refractivity contribution in [2.24, 2.45) is 5.92 Å². The first-order valence-electron chi connectivity index (χ1n) is 11.4. The molecule has 1 saturated carbocycles. The highest BCUT2D eigenvalue weighted by Gasteiger charge is 2.33. The molecule has 3 aromatic heterocycles. The predicted molar refractivity (Wildman–Crippen MR) is 132 cm³/mol. The van der Waals surface area contributed by atoms with Gasteiger partial charge in [-0.15, -0.1) is 11.8 Å². The van der Waals surface area contributed by atoms with Crippen molar-refractivity contribution in [2.45, 2.75) is 42.8 Å². The highest BCUT2D eigenvalue weighted by atomic mass is 32.2. The number of aliphatic hydroxyl groups excluding tert-OH is 1. The van der Waals surface area contributed by atoms with Gasteiger partial charge in [-0.25, -0.2) is 4.98 Å². The van der Waals surface area contributed by atoms with Crippen LogP contribution < -0.4 is 20.7 Å². The zero-order valence-corrected chi connectivity index (χ0v) is 20.0. The normalized spacial score (nSPS) is 21.8. The van der Waals surface area contributed by atoms with Crippen molar-refractivity contribution in [3.63, 3.8) is 0 Å². The fraction of sp³-hybridized carbons (Fsp3) is 0.375. The topological polar surface area (TPSA) is 138 Å². The van der Waals surface area contributed by atoms with E-state index >= 15 is 0 Å². The number of nitrogens with zero attached hydrogens (tertiary/aromatic N) is 3. The minimum absolute atomic E-state index is 0.0192. The third-order valence-corrected chi connectivity index (χ3v) is 7.36. The van der Waals surface area contributed by atoms with Crippen LogP contribution in [-0.2, 0) is 16.1 Å². The van der Waals surface area contributed by atoms with E-state index in [1.807, 2.05) is 6.07 Å². The first-order valence-corrected chi connectivity index (χ1v) is 12.4. The summed E-state index contributed by atoms with van der Waals surface area (Å²) >= 11 is 1.47. The fourth-order valence-electron chi connectivity index (χ4n) is 4.44. The summed E-state index contributed by atoms with van der Waals surface area (Å²) < 4.78 is 5.20. The van der Waals surface area contributed by atoms with Crippen molar-refractivity contribution in [3.05, 3.63) is 42.4 Å². The molecule has 2 aliphatic rings. The second-order valence-corrected chi connectivity index (χ2v) is 9.66. The van der Waals surface area contributed by atoms with Crippen LogP contribution in [0.1, 0.15) is 25.0 Å². The van der Waals surface area contributed by atoms with Gasteiger partial charge in [0.2, 0.25) is 17.7 Å². The molecule has 1 unspecified atom stereocenters. The first kappa shape index (κ1) is 23.5. The minimum atomic E-state index is -0.667. The van der Waals surface area contributed by atoms with Gasteiger partial charge < -0.3 is 25.8 Å². The maximum atomic E-state index is 13.0. The third-order valence-electron chi connectivity index (χ3n) is 6.32. The number of hydrogen-bond acceptors (Lipinski definition) is 9. The Kier molecular flexibility index (Phi) is 6.80. The van der Waals surface area contributed by atoms with Crippen LogP contribution in [0.5, 0.6) is 5.88 Å². The Balaban J connectivity index is 1.18. The molecule has 0 aromatic carbocycles. The van der Waals surface area contributed by atoms with Crippen LogP contribution in [0.4, 0.5) is 11.4 Å². The van der Waals surface area contributed by atoms with Crippen LogP contribution in [0.2, 0.25) is 0 Å². The number of nitrogens with one attached hydrogen (secondary N) is 3. The van der Waals surface area contributed by atoms with Gasteiger partial charge in [0.1, 0.15) is 5.52 Å². The maximum Gasteiger partial charge on any atom is 0.234 e. The van der Waals surface area contributed by atoms with Crippen molar-refractivity contribution in [3.8, 4) is 5.88 Å². The summed E-state index contributed by atoms with van der Waals surface area (Å²) in [6.07, 6.45) is 4.37. The highest BCUT2D eigenvalue weighted by Crippen LogP contribution is 2.31.